The minimum atomic E-state index is 0.217. The molecule has 0 fully saturated rings. The number of rotatable bonds is 6. The van der Waals surface area contributed by atoms with E-state index in [1.54, 1.807) is 0 Å². The van der Waals surface area contributed by atoms with E-state index >= 15 is 0 Å². The van der Waals surface area contributed by atoms with Gasteiger partial charge in [-0.25, -0.2) is 0 Å². The normalized spacial score (nSPS) is 13.4. The first-order valence-electron chi connectivity index (χ1n) is 5.83. The summed E-state index contributed by atoms with van der Waals surface area (Å²) in [6.45, 7) is 8.08. The molecule has 92 valence electrons. The van der Waals surface area contributed by atoms with E-state index in [-0.39, 0.29) is 5.38 Å². The molecule has 1 N–H and O–H groups in total. The number of nitrogens with one attached hydrogen (secondary N) is 1. The number of hydrogen-bond donors (Lipinski definition) is 1. The largest absolute Gasteiger partial charge is 0.310 e. The third-order valence-electron chi connectivity index (χ3n) is 2.50. The minimum absolute atomic E-state index is 0.217. The van der Waals surface area contributed by atoms with Crippen molar-refractivity contribution in [1.82, 2.24) is 15.1 Å². The average molecular weight is 244 g/mol. The molecule has 0 saturated carbocycles. The molecular weight excluding hydrogens is 222 g/mol. The Bertz CT molecular complexity index is 320. The highest BCUT2D eigenvalue weighted by atomic mass is 35.5. The van der Waals surface area contributed by atoms with Crippen molar-refractivity contribution in [2.24, 2.45) is 13.0 Å². The second-order valence-corrected chi connectivity index (χ2v) is 5.38. The van der Waals surface area contributed by atoms with Crippen molar-refractivity contribution in [1.29, 1.82) is 0 Å². The van der Waals surface area contributed by atoms with Crippen molar-refractivity contribution in [3.8, 4) is 0 Å². The Hall–Kier alpha value is -0.540. The Kier molecular flexibility index (Phi) is 5.29. The van der Waals surface area contributed by atoms with Crippen LogP contribution >= 0.6 is 11.6 Å². The van der Waals surface area contributed by atoms with Gasteiger partial charge in [0.2, 0.25) is 0 Å². The van der Waals surface area contributed by atoms with E-state index < -0.39 is 0 Å². The van der Waals surface area contributed by atoms with Gasteiger partial charge in [-0.2, -0.15) is 5.10 Å². The van der Waals surface area contributed by atoms with Crippen LogP contribution in [0, 0.1) is 12.8 Å². The van der Waals surface area contributed by atoms with Crippen molar-refractivity contribution in [3.05, 3.63) is 17.5 Å². The van der Waals surface area contributed by atoms with Crippen LogP contribution in [0.5, 0.6) is 0 Å². The van der Waals surface area contributed by atoms with E-state index in [9.17, 15) is 0 Å². The fourth-order valence-corrected chi connectivity index (χ4v) is 2.25. The van der Waals surface area contributed by atoms with Gasteiger partial charge in [0.15, 0.2) is 0 Å². The molecule has 0 bridgehead atoms. The summed E-state index contributed by atoms with van der Waals surface area (Å²) in [4.78, 5) is 0. The molecule has 1 unspecified atom stereocenters. The summed E-state index contributed by atoms with van der Waals surface area (Å²) < 4.78 is 1.91. The van der Waals surface area contributed by atoms with Crippen molar-refractivity contribution < 1.29 is 0 Å². The molecule has 1 atom stereocenters. The van der Waals surface area contributed by atoms with Crippen LogP contribution in [-0.2, 0) is 13.6 Å². The van der Waals surface area contributed by atoms with Gasteiger partial charge in [-0.3, -0.25) is 4.68 Å². The van der Waals surface area contributed by atoms with Crippen LogP contribution in [0.25, 0.3) is 0 Å². The molecule has 16 heavy (non-hydrogen) atoms. The Morgan fingerprint density at radius 2 is 2.19 bits per heavy atom. The lowest BCUT2D eigenvalue weighted by molar-refractivity contribution is 0.526. The summed E-state index contributed by atoms with van der Waals surface area (Å²) in [7, 11) is 1.97. The van der Waals surface area contributed by atoms with Crippen LogP contribution in [0.3, 0.4) is 0 Å². The smallest absolute Gasteiger partial charge is 0.0597 e. The van der Waals surface area contributed by atoms with Crippen LogP contribution in [0.15, 0.2) is 6.07 Å². The van der Waals surface area contributed by atoms with Gasteiger partial charge < -0.3 is 5.32 Å². The summed E-state index contributed by atoms with van der Waals surface area (Å²) in [5.41, 5.74) is 2.26. The predicted octanol–water partition coefficient (Wildman–Crippen LogP) is 2.47. The van der Waals surface area contributed by atoms with E-state index in [1.807, 2.05) is 18.7 Å². The Labute approximate surface area is 103 Å². The molecule has 0 aliphatic heterocycles. The molecular formula is C12H22ClN3. The lowest BCUT2D eigenvalue weighted by Gasteiger charge is -2.12. The highest BCUT2D eigenvalue weighted by Gasteiger charge is 2.07. The number of alkyl halides is 1. The highest BCUT2D eigenvalue weighted by molar-refractivity contribution is 6.20. The van der Waals surface area contributed by atoms with Gasteiger partial charge in [0.05, 0.1) is 11.4 Å². The zero-order chi connectivity index (χ0) is 12.1. The van der Waals surface area contributed by atoms with E-state index in [0.29, 0.717) is 5.92 Å². The van der Waals surface area contributed by atoms with Crippen molar-refractivity contribution in [2.45, 2.75) is 39.1 Å². The minimum Gasteiger partial charge on any atom is -0.310 e. The molecule has 1 aromatic heterocycles. The molecule has 0 spiro atoms. The van der Waals surface area contributed by atoms with Crippen LogP contribution in [0.4, 0.5) is 0 Å². The fourth-order valence-electron chi connectivity index (χ4n) is 1.78. The van der Waals surface area contributed by atoms with E-state index in [4.69, 9.17) is 11.6 Å². The van der Waals surface area contributed by atoms with Crippen molar-refractivity contribution >= 4 is 11.6 Å². The molecule has 0 aliphatic rings. The monoisotopic (exact) mass is 243 g/mol. The van der Waals surface area contributed by atoms with Crippen molar-refractivity contribution in [2.75, 3.05) is 6.54 Å². The zero-order valence-corrected chi connectivity index (χ0v) is 11.4. The van der Waals surface area contributed by atoms with Gasteiger partial charge in [0.25, 0.3) is 0 Å². The van der Waals surface area contributed by atoms with Gasteiger partial charge >= 0.3 is 0 Å². The molecule has 0 radical (unpaired) electrons. The molecule has 1 rings (SSSR count). The maximum atomic E-state index is 6.20. The van der Waals surface area contributed by atoms with Crippen LogP contribution in [0.1, 0.15) is 31.7 Å². The Balaban J connectivity index is 2.27. The molecule has 0 aliphatic carbocycles. The third kappa shape index (κ3) is 4.54. The summed E-state index contributed by atoms with van der Waals surface area (Å²) in [5, 5.41) is 7.89. The standard InChI is InChI=1S/C12H22ClN3/c1-9(2)5-11(13)7-14-8-12-6-10(3)15-16(12)4/h6,9,11,14H,5,7-8H2,1-4H3. The second kappa shape index (κ2) is 6.26. The Morgan fingerprint density at radius 3 is 2.69 bits per heavy atom. The topological polar surface area (TPSA) is 29.9 Å². The van der Waals surface area contributed by atoms with Crippen LogP contribution < -0.4 is 5.32 Å². The highest BCUT2D eigenvalue weighted by Crippen LogP contribution is 2.09. The maximum Gasteiger partial charge on any atom is 0.0597 e. The molecule has 0 saturated heterocycles. The van der Waals surface area contributed by atoms with Gasteiger partial charge in [0.1, 0.15) is 0 Å². The molecule has 0 aromatic carbocycles. The second-order valence-electron chi connectivity index (χ2n) is 4.76. The molecule has 1 heterocycles. The first-order chi connectivity index (χ1) is 7.49. The molecule has 1 aromatic rings. The SMILES string of the molecule is Cc1cc(CNCC(Cl)CC(C)C)n(C)n1. The maximum absolute atomic E-state index is 6.20. The number of aryl methyl sites for hydroxylation is 2. The number of halogens is 1. The third-order valence-corrected chi connectivity index (χ3v) is 2.83. The zero-order valence-electron chi connectivity index (χ0n) is 10.6. The fraction of sp³-hybridized carbons (Fsp3) is 0.750. The summed E-state index contributed by atoms with van der Waals surface area (Å²) >= 11 is 6.20. The van der Waals surface area contributed by atoms with Gasteiger partial charge in [-0.15, -0.1) is 11.6 Å². The summed E-state index contributed by atoms with van der Waals surface area (Å²) in [5.74, 6) is 0.656. The van der Waals surface area contributed by atoms with Gasteiger partial charge in [-0.1, -0.05) is 13.8 Å². The summed E-state index contributed by atoms with van der Waals surface area (Å²) in [6.07, 6.45) is 1.05. The van der Waals surface area contributed by atoms with Crippen LogP contribution in [0.2, 0.25) is 0 Å². The quantitative estimate of drug-likeness (QED) is 0.778. The van der Waals surface area contributed by atoms with Crippen LogP contribution in [-0.4, -0.2) is 21.7 Å². The molecule has 4 heteroatoms. The average Bonchev–Trinajstić information content (AvgIpc) is 2.44. The van der Waals surface area contributed by atoms with Gasteiger partial charge in [-0.05, 0) is 25.3 Å². The number of nitrogens with zero attached hydrogens (tertiary/aromatic N) is 2. The predicted molar refractivity (Wildman–Crippen MR) is 68.7 cm³/mol. The van der Waals surface area contributed by atoms with Gasteiger partial charge in [0, 0.05) is 25.5 Å². The van der Waals surface area contributed by atoms with Crippen molar-refractivity contribution in [3.63, 3.8) is 0 Å². The Morgan fingerprint density at radius 1 is 1.50 bits per heavy atom. The van der Waals surface area contributed by atoms with E-state index in [2.05, 4.69) is 30.3 Å². The summed E-state index contributed by atoms with van der Waals surface area (Å²) in [6, 6.07) is 2.10. The molecule has 0 amide bonds. The van der Waals surface area contributed by atoms with E-state index in [0.717, 1.165) is 25.2 Å². The lowest BCUT2D eigenvalue weighted by atomic mass is 10.1. The first-order valence-corrected chi connectivity index (χ1v) is 6.27. The molecule has 3 nitrogen and oxygen atoms in total. The number of aromatic nitrogens is 2. The first kappa shape index (κ1) is 13.5. The number of hydrogen-bond acceptors (Lipinski definition) is 2. The lowest BCUT2D eigenvalue weighted by Crippen LogP contribution is -2.24. The van der Waals surface area contributed by atoms with E-state index in [1.165, 1.54) is 5.69 Å².